The average Bonchev–Trinajstić information content (AvgIpc) is 2.74. The molecular weight excluding hydrogens is 262 g/mol. The van der Waals surface area contributed by atoms with Gasteiger partial charge in [-0.2, -0.15) is 5.10 Å². The molecule has 0 spiro atoms. The first kappa shape index (κ1) is 12.6. The summed E-state index contributed by atoms with van der Waals surface area (Å²) >= 11 is 0. The van der Waals surface area contributed by atoms with Crippen molar-refractivity contribution in [2.24, 2.45) is 0 Å². The van der Waals surface area contributed by atoms with E-state index >= 15 is 0 Å². The third kappa shape index (κ3) is 2.36. The highest BCUT2D eigenvalue weighted by atomic mass is 16.2. The van der Waals surface area contributed by atoms with Gasteiger partial charge in [0.2, 0.25) is 11.8 Å². The number of urea groups is 1. The first-order chi connectivity index (χ1) is 9.63. The summed E-state index contributed by atoms with van der Waals surface area (Å²) in [4.78, 5) is 36.7. The van der Waals surface area contributed by atoms with E-state index in [1.807, 2.05) is 0 Å². The van der Waals surface area contributed by atoms with Crippen molar-refractivity contribution in [2.75, 3.05) is 6.54 Å². The van der Waals surface area contributed by atoms with Crippen LogP contribution in [0.25, 0.3) is 0 Å². The number of nitrogens with one attached hydrogen (secondary N) is 3. The third-order valence-electron chi connectivity index (χ3n) is 3.58. The number of aromatic amines is 1. The number of aryl methyl sites for hydroxylation is 1. The Bertz CT molecular complexity index is 551. The molecule has 3 N–H and O–H groups in total. The van der Waals surface area contributed by atoms with Gasteiger partial charge in [-0.1, -0.05) is 0 Å². The number of hydrogen-bond donors (Lipinski definition) is 3. The number of fused-ring (bicyclic) bond motifs is 1. The SMILES string of the molecule is O=C1C[C@@H](C(=O)N2CCCc3[nH]ncc3C2)NC(=O)N1. The number of rotatable bonds is 1. The largest absolute Gasteiger partial charge is 0.336 e. The molecule has 0 bridgehead atoms. The Labute approximate surface area is 114 Å². The van der Waals surface area contributed by atoms with Gasteiger partial charge in [-0.3, -0.25) is 20.0 Å². The molecule has 8 nitrogen and oxygen atoms in total. The zero-order chi connectivity index (χ0) is 14.1. The zero-order valence-corrected chi connectivity index (χ0v) is 10.8. The summed E-state index contributed by atoms with van der Waals surface area (Å²) in [5.41, 5.74) is 2.04. The number of carbonyl (C=O) groups is 3. The summed E-state index contributed by atoms with van der Waals surface area (Å²) in [7, 11) is 0. The fourth-order valence-corrected chi connectivity index (χ4v) is 2.59. The van der Waals surface area contributed by atoms with Gasteiger partial charge in [0, 0.05) is 24.3 Å². The van der Waals surface area contributed by atoms with Gasteiger partial charge in [0.1, 0.15) is 6.04 Å². The predicted molar refractivity (Wildman–Crippen MR) is 67.4 cm³/mol. The van der Waals surface area contributed by atoms with E-state index in [0.29, 0.717) is 13.1 Å². The Morgan fingerprint density at radius 2 is 2.25 bits per heavy atom. The minimum atomic E-state index is -0.773. The first-order valence-corrected chi connectivity index (χ1v) is 6.54. The van der Waals surface area contributed by atoms with E-state index in [0.717, 1.165) is 24.1 Å². The molecular formula is C12H15N5O3. The minimum Gasteiger partial charge on any atom is -0.336 e. The molecule has 2 aliphatic heterocycles. The van der Waals surface area contributed by atoms with E-state index in [4.69, 9.17) is 0 Å². The van der Waals surface area contributed by atoms with E-state index in [1.54, 1.807) is 11.1 Å². The minimum absolute atomic E-state index is 0.0146. The normalized spacial score (nSPS) is 22.6. The zero-order valence-electron chi connectivity index (χ0n) is 10.8. The van der Waals surface area contributed by atoms with Gasteiger partial charge in [-0.15, -0.1) is 0 Å². The molecule has 1 fully saturated rings. The Morgan fingerprint density at radius 3 is 3.05 bits per heavy atom. The molecule has 1 aromatic rings. The standard InChI is InChI=1S/C12H15N5O3/c18-10-4-9(14-12(20)15-10)11(19)17-3-1-2-8-7(6-17)5-13-16-8/h5,9H,1-4,6H2,(H,13,16)(H2,14,15,18,20)/t9-/m0/s1. The quantitative estimate of drug-likeness (QED) is 0.629. The van der Waals surface area contributed by atoms with Gasteiger partial charge in [0.25, 0.3) is 0 Å². The van der Waals surface area contributed by atoms with Crippen LogP contribution in [0.5, 0.6) is 0 Å². The Hall–Kier alpha value is -2.38. The number of nitrogens with zero attached hydrogens (tertiary/aromatic N) is 2. The molecule has 3 rings (SSSR count). The Balaban J connectivity index is 1.74. The lowest BCUT2D eigenvalue weighted by molar-refractivity contribution is -0.137. The second-order valence-corrected chi connectivity index (χ2v) is 5.02. The Kier molecular flexibility index (Phi) is 3.13. The maximum Gasteiger partial charge on any atom is 0.322 e. The molecule has 3 heterocycles. The summed E-state index contributed by atoms with van der Waals surface area (Å²) in [5, 5.41) is 11.5. The van der Waals surface area contributed by atoms with Gasteiger partial charge in [-0.25, -0.2) is 4.79 Å². The molecule has 1 atom stereocenters. The van der Waals surface area contributed by atoms with E-state index in [2.05, 4.69) is 20.8 Å². The van der Waals surface area contributed by atoms with Crippen molar-refractivity contribution >= 4 is 17.8 Å². The van der Waals surface area contributed by atoms with Gasteiger partial charge in [0.05, 0.1) is 12.6 Å². The van der Waals surface area contributed by atoms with E-state index in [9.17, 15) is 14.4 Å². The molecule has 0 radical (unpaired) electrons. The van der Waals surface area contributed by atoms with Crippen molar-refractivity contribution in [1.82, 2.24) is 25.7 Å². The van der Waals surface area contributed by atoms with Crippen molar-refractivity contribution in [3.8, 4) is 0 Å². The number of aromatic nitrogens is 2. The third-order valence-corrected chi connectivity index (χ3v) is 3.58. The van der Waals surface area contributed by atoms with Crippen LogP contribution < -0.4 is 10.6 Å². The summed E-state index contributed by atoms with van der Waals surface area (Å²) in [6.45, 7) is 1.06. The van der Waals surface area contributed by atoms with Crippen LogP contribution in [0, 0.1) is 0 Å². The molecule has 0 saturated carbocycles. The second kappa shape index (κ2) is 4.95. The van der Waals surface area contributed by atoms with Gasteiger partial charge >= 0.3 is 6.03 Å². The molecule has 20 heavy (non-hydrogen) atoms. The molecule has 0 aromatic carbocycles. The molecule has 0 aliphatic carbocycles. The fourth-order valence-electron chi connectivity index (χ4n) is 2.59. The second-order valence-electron chi connectivity index (χ2n) is 5.02. The molecule has 1 saturated heterocycles. The average molecular weight is 277 g/mol. The maximum atomic E-state index is 12.4. The van der Waals surface area contributed by atoms with Crippen LogP contribution in [0.3, 0.4) is 0 Å². The predicted octanol–water partition coefficient (Wildman–Crippen LogP) is -0.717. The molecule has 2 aliphatic rings. The number of carbonyl (C=O) groups excluding carboxylic acids is 3. The molecule has 0 unspecified atom stereocenters. The van der Waals surface area contributed by atoms with Crippen LogP contribution >= 0.6 is 0 Å². The van der Waals surface area contributed by atoms with Crippen molar-refractivity contribution in [1.29, 1.82) is 0 Å². The van der Waals surface area contributed by atoms with Crippen LogP contribution in [0.2, 0.25) is 0 Å². The van der Waals surface area contributed by atoms with Crippen molar-refractivity contribution in [3.63, 3.8) is 0 Å². The van der Waals surface area contributed by atoms with Crippen LogP contribution in [0.15, 0.2) is 6.20 Å². The fraction of sp³-hybridized carbons (Fsp3) is 0.500. The lowest BCUT2D eigenvalue weighted by Gasteiger charge is -2.28. The smallest absolute Gasteiger partial charge is 0.322 e. The topological polar surface area (TPSA) is 107 Å². The summed E-state index contributed by atoms with van der Waals surface area (Å²) in [6, 6.07) is -1.39. The van der Waals surface area contributed by atoms with Gasteiger partial charge in [0.15, 0.2) is 0 Å². The Morgan fingerprint density at radius 1 is 1.40 bits per heavy atom. The molecule has 8 heteroatoms. The van der Waals surface area contributed by atoms with Crippen molar-refractivity contribution in [2.45, 2.75) is 31.8 Å². The van der Waals surface area contributed by atoms with Crippen LogP contribution in [0.4, 0.5) is 4.79 Å². The summed E-state index contributed by atoms with van der Waals surface area (Å²) < 4.78 is 0. The lowest BCUT2D eigenvalue weighted by atomic mass is 10.1. The molecule has 4 amide bonds. The number of amides is 4. The highest BCUT2D eigenvalue weighted by Crippen LogP contribution is 2.17. The molecule has 106 valence electrons. The highest BCUT2D eigenvalue weighted by Gasteiger charge is 2.33. The number of imide groups is 1. The molecule has 1 aromatic heterocycles. The van der Waals surface area contributed by atoms with Crippen LogP contribution in [-0.4, -0.2) is 45.5 Å². The lowest BCUT2D eigenvalue weighted by Crippen LogP contribution is -2.58. The van der Waals surface area contributed by atoms with E-state index < -0.39 is 18.0 Å². The van der Waals surface area contributed by atoms with Crippen molar-refractivity contribution < 1.29 is 14.4 Å². The van der Waals surface area contributed by atoms with Crippen LogP contribution in [-0.2, 0) is 22.6 Å². The number of hydrogen-bond acceptors (Lipinski definition) is 4. The maximum absolute atomic E-state index is 12.4. The van der Waals surface area contributed by atoms with E-state index in [1.165, 1.54) is 0 Å². The monoisotopic (exact) mass is 277 g/mol. The summed E-state index contributed by atoms with van der Waals surface area (Å²) in [6.07, 6.45) is 3.37. The summed E-state index contributed by atoms with van der Waals surface area (Å²) in [5.74, 6) is -0.645. The number of H-pyrrole nitrogens is 1. The van der Waals surface area contributed by atoms with Crippen LogP contribution in [0.1, 0.15) is 24.1 Å². The van der Waals surface area contributed by atoms with Crippen molar-refractivity contribution in [3.05, 3.63) is 17.5 Å². The highest BCUT2D eigenvalue weighted by molar-refractivity contribution is 6.02. The van der Waals surface area contributed by atoms with E-state index in [-0.39, 0.29) is 12.3 Å². The van der Waals surface area contributed by atoms with Gasteiger partial charge < -0.3 is 10.2 Å². The first-order valence-electron chi connectivity index (χ1n) is 6.54. The van der Waals surface area contributed by atoms with Gasteiger partial charge in [-0.05, 0) is 12.8 Å².